The summed E-state index contributed by atoms with van der Waals surface area (Å²) in [4.78, 5) is 10.5. The summed E-state index contributed by atoms with van der Waals surface area (Å²) in [5.41, 5.74) is 6.00. The van der Waals surface area contributed by atoms with E-state index in [9.17, 15) is 0 Å². The van der Waals surface area contributed by atoms with E-state index in [1.165, 1.54) is 12.8 Å². The van der Waals surface area contributed by atoms with Crippen LogP contribution in [0.25, 0.3) is 0 Å². The van der Waals surface area contributed by atoms with Gasteiger partial charge in [-0.05, 0) is 30.9 Å². The summed E-state index contributed by atoms with van der Waals surface area (Å²) in [5.74, 6) is 1.72. The molecule has 1 aliphatic rings. The maximum atomic E-state index is 6.00. The second kappa shape index (κ2) is 7.33. The Labute approximate surface area is 124 Å². The van der Waals surface area contributed by atoms with Crippen molar-refractivity contribution in [3.8, 4) is 5.88 Å². The summed E-state index contributed by atoms with van der Waals surface area (Å²) >= 11 is 5.95. The molecule has 1 saturated heterocycles. The molecule has 0 aromatic carbocycles. The van der Waals surface area contributed by atoms with Gasteiger partial charge < -0.3 is 15.4 Å². The molecule has 0 spiro atoms. The molecule has 5 nitrogen and oxygen atoms in total. The van der Waals surface area contributed by atoms with Crippen LogP contribution in [0.1, 0.15) is 19.8 Å². The molecule has 0 aliphatic carbocycles. The number of likely N-dealkylation sites (tertiary alicyclic amines) is 1. The second-order valence-electron chi connectivity index (χ2n) is 5.07. The molecule has 1 unspecified atom stereocenters. The topological polar surface area (TPSA) is 63.7 Å². The first-order chi connectivity index (χ1) is 9.66. The molecule has 2 heterocycles. The van der Waals surface area contributed by atoms with E-state index in [1.54, 1.807) is 18.3 Å². The normalized spacial score (nSPS) is 20.0. The van der Waals surface area contributed by atoms with Crippen LogP contribution in [0, 0.1) is 5.92 Å². The highest BCUT2D eigenvalue weighted by atomic mass is 35.5. The minimum Gasteiger partial charge on any atom is -0.475 e. The van der Waals surface area contributed by atoms with Crippen molar-refractivity contribution in [1.29, 1.82) is 0 Å². The van der Waals surface area contributed by atoms with E-state index in [1.807, 2.05) is 0 Å². The lowest BCUT2D eigenvalue weighted by Gasteiger charge is -2.31. The van der Waals surface area contributed by atoms with Gasteiger partial charge in [-0.2, -0.15) is 0 Å². The number of guanidine groups is 1. The van der Waals surface area contributed by atoms with Gasteiger partial charge >= 0.3 is 0 Å². The van der Waals surface area contributed by atoms with Crippen LogP contribution in [-0.4, -0.2) is 42.1 Å². The average molecular weight is 297 g/mol. The van der Waals surface area contributed by atoms with Crippen molar-refractivity contribution < 1.29 is 4.74 Å². The summed E-state index contributed by atoms with van der Waals surface area (Å²) in [6, 6.07) is 3.51. The van der Waals surface area contributed by atoms with Crippen LogP contribution in [0.2, 0.25) is 5.02 Å². The molecule has 0 amide bonds. The molecule has 20 heavy (non-hydrogen) atoms. The smallest absolute Gasteiger partial charge is 0.232 e. The standard InChI is InChI=1S/C14H21ClN4O/c1-11-4-3-8-19(10-11)14(16)18-7-9-20-13-12(15)5-2-6-17-13/h2,5-6,11H,3-4,7-10H2,1H3,(H2,16,18). The lowest BCUT2D eigenvalue weighted by Crippen LogP contribution is -2.43. The molecule has 6 heteroatoms. The quantitative estimate of drug-likeness (QED) is 0.525. The molecule has 1 fully saturated rings. The summed E-state index contributed by atoms with van der Waals surface area (Å²) in [5, 5.41) is 0.509. The zero-order chi connectivity index (χ0) is 14.4. The molecule has 1 aromatic rings. The number of nitrogens with zero attached hydrogens (tertiary/aromatic N) is 3. The largest absolute Gasteiger partial charge is 0.475 e. The third kappa shape index (κ3) is 4.27. The Kier molecular flexibility index (Phi) is 5.47. The van der Waals surface area contributed by atoms with Crippen LogP contribution in [0.5, 0.6) is 5.88 Å². The predicted molar refractivity (Wildman–Crippen MR) is 81.2 cm³/mol. The number of aliphatic imine (C=N–C) groups is 1. The number of pyridine rings is 1. The van der Waals surface area contributed by atoms with E-state index >= 15 is 0 Å². The number of piperidine rings is 1. The Morgan fingerprint density at radius 1 is 1.65 bits per heavy atom. The number of hydrogen-bond donors (Lipinski definition) is 1. The van der Waals surface area contributed by atoms with Gasteiger partial charge in [-0.25, -0.2) is 9.98 Å². The Bertz CT molecular complexity index is 466. The van der Waals surface area contributed by atoms with Crippen molar-refractivity contribution in [3.63, 3.8) is 0 Å². The van der Waals surface area contributed by atoms with Crippen molar-refractivity contribution >= 4 is 17.6 Å². The summed E-state index contributed by atoms with van der Waals surface area (Å²) in [6.45, 7) is 5.14. The summed E-state index contributed by atoms with van der Waals surface area (Å²) in [6.07, 6.45) is 4.09. The Balaban J connectivity index is 1.77. The Hall–Kier alpha value is -1.49. The number of ether oxygens (including phenoxy) is 1. The van der Waals surface area contributed by atoms with Crippen LogP contribution in [0.3, 0.4) is 0 Å². The SMILES string of the molecule is CC1CCCN(C(N)=NCCOc2ncccc2Cl)C1. The van der Waals surface area contributed by atoms with E-state index in [2.05, 4.69) is 21.8 Å². The van der Waals surface area contributed by atoms with Crippen LogP contribution < -0.4 is 10.5 Å². The minimum absolute atomic E-state index is 0.417. The van der Waals surface area contributed by atoms with Crippen LogP contribution in [-0.2, 0) is 0 Å². The fraction of sp³-hybridized carbons (Fsp3) is 0.571. The third-order valence-corrected chi connectivity index (χ3v) is 3.60. The molecule has 2 rings (SSSR count). The highest BCUT2D eigenvalue weighted by molar-refractivity contribution is 6.31. The van der Waals surface area contributed by atoms with Gasteiger partial charge in [0.15, 0.2) is 5.96 Å². The van der Waals surface area contributed by atoms with Crippen molar-refractivity contribution in [2.45, 2.75) is 19.8 Å². The van der Waals surface area contributed by atoms with E-state index in [0.29, 0.717) is 35.9 Å². The molecule has 1 aromatic heterocycles. The fourth-order valence-electron chi connectivity index (χ4n) is 2.28. The van der Waals surface area contributed by atoms with Crippen molar-refractivity contribution in [3.05, 3.63) is 23.4 Å². The van der Waals surface area contributed by atoms with E-state index in [4.69, 9.17) is 22.1 Å². The monoisotopic (exact) mass is 296 g/mol. The van der Waals surface area contributed by atoms with Gasteiger partial charge in [-0.3, -0.25) is 0 Å². The van der Waals surface area contributed by atoms with Gasteiger partial charge in [0.05, 0.1) is 6.54 Å². The van der Waals surface area contributed by atoms with Gasteiger partial charge in [-0.15, -0.1) is 0 Å². The van der Waals surface area contributed by atoms with Gasteiger partial charge in [0.1, 0.15) is 11.6 Å². The molecule has 0 radical (unpaired) electrons. The molecule has 1 atom stereocenters. The number of halogens is 1. The maximum absolute atomic E-state index is 6.00. The van der Waals surface area contributed by atoms with E-state index in [-0.39, 0.29) is 0 Å². The van der Waals surface area contributed by atoms with Gasteiger partial charge in [0.2, 0.25) is 5.88 Å². The highest BCUT2D eigenvalue weighted by Crippen LogP contribution is 2.19. The molecule has 0 saturated carbocycles. The van der Waals surface area contributed by atoms with Crippen molar-refractivity contribution in [1.82, 2.24) is 9.88 Å². The van der Waals surface area contributed by atoms with Gasteiger partial charge in [0.25, 0.3) is 0 Å². The number of hydrogen-bond acceptors (Lipinski definition) is 3. The Morgan fingerprint density at radius 2 is 2.50 bits per heavy atom. The van der Waals surface area contributed by atoms with Gasteiger partial charge in [-0.1, -0.05) is 18.5 Å². The summed E-state index contributed by atoms with van der Waals surface area (Å²) in [7, 11) is 0. The maximum Gasteiger partial charge on any atom is 0.232 e. The van der Waals surface area contributed by atoms with Crippen molar-refractivity contribution in [2.75, 3.05) is 26.2 Å². The van der Waals surface area contributed by atoms with E-state index in [0.717, 1.165) is 13.1 Å². The molecule has 110 valence electrons. The zero-order valence-electron chi connectivity index (χ0n) is 11.8. The molecule has 2 N–H and O–H groups in total. The first-order valence-electron chi connectivity index (χ1n) is 6.95. The lowest BCUT2D eigenvalue weighted by molar-refractivity contribution is 0.268. The molecular formula is C14H21ClN4O. The third-order valence-electron chi connectivity index (χ3n) is 3.31. The number of rotatable bonds is 4. The van der Waals surface area contributed by atoms with Crippen LogP contribution in [0.15, 0.2) is 23.3 Å². The van der Waals surface area contributed by atoms with Crippen LogP contribution >= 0.6 is 11.6 Å². The molecule has 0 bridgehead atoms. The first kappa shape index (κ1) is 14.9. The predicted octanol–water partition coefficient (Wildman–Crippen LogP) is 2.16. The van der Waals surface area contributed by atoms with Gasteiger partial charge in [0, 0.05) is 19.3 Å². The average Bonchev–Trinajstić information content (AvgIpc) is 2.45. The molecular weight excluding hydrogens is 276 g/mol. The van der Waals surface area contributed by atoms with Crippen molar-refractivity contribution in [2.24, 2.45) is 16.6 Å². The van der Waals surface area contributed by atoms with Crippen LogP contribution in [0.4, 0.5) is 0 Å². The highest BCUT2D eigenvalue weighted by Gasteiger charge is 2.17. The Morgan fingerprint density at radius 3 is 3.25 bits per heavy atom. The second-order valence-corrected chi connectivity index (χ2v) is 5.48. The lowest BCUT2D eigenvalue weighted by atomic mass is 10.0. The molecule has 1 aliphatic heterocycles. The first-order valence-corrected chi connectivity index (χ1v) is 7.33. The minimum atomic E-state index is 0.417. The number of nitrogens with two attached hydrogens (primary N) is 1. The number of aromatic nitrogens is 1. The van der Waals surface area contributed by atoms with E-state index < -0.39 is 0 Å². The summed E-state index contributed by atoms with van der Waals surface area (Å²) < 4.78 is 5.47. The zero-order valence-corrected chi connectivity index (χ0v) is 12.5. The fourth-order valence-corrected chi connectivity index (χ4v) is 2.45.